The van der Waals surface area contributed by atoms with Crippen molar-refractivity contribution >= 4 is 49.0 Å². The summed E-state index contributed by atoms with van der Waals surface area (Å²) in [6, 6.07) is 9.47. The number of nitrogens with zero attached hydrogens (tertiary/aromatic N) is 2. The van der Waals surface area contributed by atoms with Gasteiger partial charge in [0.1, 0.15) is 10.6 Å². The lowest BCUT2D eigenvalue weighted by atomic mass is 9.97. The van der Waals surface area contributed by atoms with Crippen molar-refractivity contribution in [2.24, 2.45) is 0 Å². The largest absolute Gasteiger partial charge is 0.494 e. The number of aryl methyl sites for hydroxylation is 1. The Bertz CT molecular complexity index is 1550. The average Bonchev–Trinajstić information content (AvgIpc) is 3.31. The van der Waals surface area contributed by atoms with Gasteiger partial charge in [-0.3, -0.25) is 4.57 Å². The maximum Gasteiger partial charge on any atom is 0.341 e. The summed E-state index contributed by atoms with van der Waals surface area (Å²) in [5.41, 5.74) is 2.65. The first-order valence-electron chi connectivity index (χ1n) is 10.5. The fraction of sp³-hybridized carbons (Fsp3) is 0.217. The second kappa shape index (κ2) is 8.74. The molecule has 0 unspecified atom stereocenters. The van der Waals surface area contributed by atoms with Gasteiger partial charge < -0.3 is 20.1 Å². The highest BCUT2D eigenvalue weighted by atomic mass is 35.5. The summed E-state index contributed by atoms with van der Waals surface area (Å²) >= 11 is 8.18. The number of sulfone groups is 1. The van der Waals surface area contributed by atoms with Crippen LogP contribution < -0.4 is 4.74 Å². The van der Waals surface area contributed by atoms with Crippen molar-refractivity contribution in [2.45, 2.75) is 18.7 Å². The standard InChI is InChI=1S/C23H19ClN2O7S2/c24-22-15(9-26-17(27)5-6-18(26)28)25-23-21(14-7-8-35(31,32)11-16(14)34-23)20(22)12-1-3-13(4-2-12)33-10-19(29)30/h1-6,27-28H,7-11H2,(H,29,30). The number of benzene rings is 1. The molecule has 0 amide bonds. The molecule has 1 aliphatic rings. The molecule has 0 radical (unpaired) electrons. The number of aromatic hydroxyl groups is 2. The number of aromatic nitrogens is 2. The zero-order valence-corrected chi connectivity index (χ0v) is 20.5. The molecule has 12 heteroatoms. The van der Waals surface area contributed by atoms with Gasteiger partial charge in [0.2, 0.25) is 0 Å². The molecule has 182 valence electrons. The van der Waals surface area contributed by atoms with E-state index in [1.54, 1.807) is 24.3 Å². The molecule has 4 aromatic rings. The number of carbonyl (C=O) groups is 1. The van der Waals surface area contributed by atoms with Crippen LogP contribution in [0.5, 0.6) is 17.5 Å². The van der Waals surface area contributed by atoms with Crippen LogP contribution in [-0.4, -0.2) is 51.6 Å². The normalized spacial score (nSPS) is 14.7. The van der Waals surface area contributed by atoms with Gasteiger partial charge in [-0.25, -0.2) is 18.2 Å². The Labute approximate surface area is 208 Å². The minimum Gasteiger partial charge on any atom is -0.494 e. The Balaban J connectivity index is 1.68. The number of thiophene rings is 1. The highest BCUT2D eigenvalue weighted by Crippen LogP contribution is 2.45. The van der Waals surface area contributed by atoms with Crippen LogP contribution in [0.1, 0.15) is 16.1 Å². The molecular formula is C23H19ClN2O7S2. The summed E-state index contributed by atoms with van der Waals surface area (Å²) < 4.78 is 31.0. The van der Waals surface area contributed by atoms with E-state index < -0.39 is 22.4 Å². The Kier molecular flexibility index (Phi) is 5.86. The third-order valence-electron chi connectivity index (χ3n) is 5.79. The molecule has 3 aromatic heterocycles. The lowest BCUT2D eigenvalue weighted by Gasteiger charge is -2.16. The van der Waals surface area contributed by atoms with Crippen molar-refractivity contribution in [1.82, 2.24) is 9.55 Å². The van der Waals surface area contributed by atoms with E-state index in [-0.39, 0.29) is 29.8 Å². The van der Waals surface area contributed by atoms with Crippen LogP contribution in [0.25, 0.3) is 21.3 Å². The van der Waals surface area contributed by atoms with Crippen LogP contribution in [0.4, 0.5) is 0 Å². The molecule has 9 nitrogen and oxygen atoms in total. The monoisotopic (exact) mass is 534 g/mol. The molecule has 5 rings (SSSR count). The van der Waals surface area contributed by atoms with Crippen LogP contribution in [-0.2, 0) is 33.4 Å². The second-order valence-electron chi connectivity index (χ2n) is 8.12. The number of pyridine rings is 1. The van der Waals surface area contributed by atoms with Crippen molar-refractivity contribution in [1.29, 1.82) is 0 Å². The van der Waals surface area contributed by atoms with E-state index in [1.165, 1.54) is 28.0 Å². The molecule has 0 saturated heterocycles. The van der Waals surface area contributed by atoms with Gasteiger partial charge in [0.05, 0.1) is 28.8 Å². The quantitative estimate of drug-likeness (QED) is 0.339. The predicted octanol–water partition coefficient (Wildman–Crippen LogP) is 3.81. The zero-order valence-electron chi connectivity index (χ0n) is 18.1. The molecule has 0 bridgehead atoms. The fourth-order valence-corrected chi connectivity index (χ4v) is 7.52. The van der Waals surface area contributed by atoms with Gasteiger partial charge in [-0.1, -0.05) is 23.7 Å². The molecule has 1 aromatic carbocycles. The van der Waals surface area contributed by atoms with Gasteiger partial charge in [0.15, 0.2) is 28.2 Å². The van der Waals surface area contributed by atoms with Gasteiger partial charge in [-0.2, -0.15) is 0 Å². The molecule has 0 spiro atoms. The lowest BCUT2D eigenvalue weighted by molar-refractivity contribution is -0.139. The first-order valence-corrected chi connectivity index (χ1v) is 13.5. The Morgan fingerprint density at radius 1 is 1.14 bits per heavy atom. The molecular weight excluding hydrogens is 516 g/mol. The smallest absolute Gasteiger partial charge is 0.341 e. The summed E-state index contributed by atoms with van der Waals surface area (Å²) in [5, 5.41) is 30.1. The van der Waals surface area contributed by atoms with Gasteiger partial charge in [-0.15, -0.1) is 11.3 Å². The van der Waals surface area contributed by atoms with E-state index in [0.717, 1.165) is 15.8 Å². The number of rotatable bonds is 6. The summed E-state index contributed by atoms with van der Waals surface area (Å²) in [4.78, 5) is 16.8. The van der Waals surface area contributed by atoms with Gasteiger partial charge in [-0.05, 0) is 29.7 Å². The van der Waals surface area contributed by atoms with Crippen molar-refractivity contribution in [3.8, 4) is 28.6 Å². The number of carboxylic acid groups (broad SMARTS) is 1. The number of carboxylic acids is 1. The summed E-state index contributed by atoms with van der Waals surface area (Å²) in [5.74, 6) is -1.04. The SMILES string of the molecule is O=C(O)COc1ccc(-c2c(Cl)c(Cn3c(O)ccc3O)nc3sc4c(c23)CCS(=O)(=O)C4)cc1. The third-order valence-corrected chi connectivity index (χ3v) is 9.06. The highest BCUT2D eigenvalue weighted by molar-refractivity contribution is 7.90. The number of aliphatic carboxylic acids is 1. The van der Waals surface area contributed by atoms with Gasteiger partial charge in [0.25, 0.3) is 0 Å². The Morgan fingerprint density at radius 3 is 2.49 bits per heavy atom. The number of hydrogen-bond donors (Lipinski definition) is 3. The predicted molar refractivity (Wildman–Crippen MR) is 131 cm³/mol. The molecule has 0 atom stereocenters. The number of fused-ring (bicyclic) bond motifs is 3. The van der Waals surface area contributed by atoms with Crippen molar-refractivity contribution in [3.63, 3.8) is 0 Å². The Hall–Kier alpha value is -3.28. The van der Waals surface area contributed by atoms with Crippen molar-refractivity contribution in [3.05, 3.63) is 57.6 Å². The minimum absolute atomic E-state index is 0.00683. The van der Waals surface area contributed by atoms with Crippen LogP contribution >= 0.6 is 22.9 Å². The van der Waals surface area contributed by atoms with Crippen molar-refractivity contribution in [2.75, 3.05) is 12.4 Å². The number of halogens is 1. The first-order chi connectivity index (χ1) is 16.6. The topological polar surface area (TPSA) is 139 Å². The molecule has 4 heterocycles. The van der Waals surface area contributed by atoms with Crippen molar-refractivity contribution < 1.29 is 33.3 Å². The van der Waals surface area contributed by atoms with Crippen LogP contribution in [0.2, 0.25) is 5.02 Å². The minimum atomic E-state index is -3.20. The van der Waals surface area contributed by atoms with Crippen LogP contribution in [0.15, 0.2) is 36.4 Å². The molecule has 35 heavy (non-hydrogen) atoms. The van der Waals surface area contributed by atoms with E-state index in [4.69, 9.17) is 26.4 Å². The van der Waals surface area contributed by atoms with E-state index >= 15 is 0 Å². The van der Waals surface area contributed by atoms with Crippen LogP contribution in [0, 0.1) is 0 Å². The lowest BCUT2D eigenvalue weighted by Crippen LogP contribution is -2.17. The maximum atomic E-state index is 12.3. The summed E-state index contributed by atoms with van der Waals surface area (Å²) in [7, 11) is -3.20. The third kappa shape index (κ3) is 4.42. The summed E-state index contributed by atoms with van der Waals surface area (Å²) in [6.45, 7) is -0.479. The summed E-state index contributed by atoms with van der Waals surface area (Å²) in [6.07, 6.45) is 0.348. The van der Waals surface area contributed by atoms with E-state index in [9.17, 15) is 23.4 Å². The van der Waals surface area contributed by atoms with Gasteiger partial charge >= 0.3 is 5.97 Å². The second-order valence-corrected chi connectivity index (χ2v) is 11.8. The maximum absolute atomic E-state index is 12.3. The molecule has 0 saturated carbocycles. The average molecular weight is 535 g/mol. The molecule has 0 aliphatic carbocycles. The van der Waals surface area contributed by atoms with E-state index in [2.05, 4.69) is 0 Å². The van der Waals surface area contributed by atoms with Crippen LogP contribution in [0.3, 0.4) is 0 Å². The molecule has 3 N–H and O–H groups in total. The number of hydrogen-bond acceptors (Lipinski definition) is 8. The fourth-order valence-electron chi connectivity index (χ4n) is 4.17. The first kappa shape index (κ1) is 23.5. The van der Waals surface area contributed by atoms with Gasteiger partial charge in [0, 0.05) is 28.0 Å². The molecule has 0 fully saturated rings. The highest BCUT2D eigenvalue weighted by Gasteiger charge is 2.29. The number of ether oxygens (including phenoxy) is 1. The van der Waals surface area contributed by atoms with E-state index in [1.807, 2.05) is 0 Å². The zero-order chi connectivity index (χ0) is 24.9. The molecule has 1 aliphatic heterocycles. The van der Waals surface area contributed by atoms with E-state index in [0.29, 0.717) is 38.8 Å². The Morgan fingerprint density at radius 2 is 1.83 bits per heavy atom.